The lowest BCUT2D eigenvalue weighted by molar-refractivity contribution is -0.249. The van der Waals surface area contributed by atoms with Gasteiger partial charge in [0.15, 0.2) is 12.4 Å². The second kappa shape index (κ2) is 9.58. The molecule has 33 heavy (non-hydrogen) atoms. The van der Waals surface area contributed by atoms with Crippen molar-refractivity contribution in [3.05, 3.63) is 24.3 Å². The van der Waals surface area contributed by atoms with E-state index >= 15 is 0 Å². The van der Waals surface area contributed by atoms with E-state index in [0.29, 0.717) is 0 Å². The van der Waals surface area contributed by atoms with Crippen LogP contribution in [0.5, 0.6) is 0 Å². The van der Waals surface area contributed by atoms with Gasteiger partial charge in [0, 0.05) is 20.8 Å². The van der Waals surface area contributed by atoms with Crippen molar-refractivity contribution in [1.29, 1.82) is 0 Å². The first-order chi connectivity index (χ1) is 15.3. The molecule has 0 aromatic carbocycles. The molecule has 1 saturated carbocycles. The van der Waals surface area contributed by atoms with Gasteiger partial charge in [-0.05, 0) is 35.7 Å². The lowest BCUT2D eigenvalue weighted by Gasteiger charge is -2.42. The average molecular weight is 465 g/mol. The zero-order valence-electron chi connectivity index (χ0n) is 20.4. The van der Waals surface area contributed by atoms with Crippen LogP contribution in [0.2, 0.25) is 0 Å². The fourth-order valence-electron chi connectivity index (χ4n) is 5.82. The fourth-order valence-corrected chi connectivity index (χ4v) is 5.82. The molecule has 3 rings (SSSR count). The van der Waals surface area contributed by atoms with Crippen LogP contribution in [0.25, 0.3) is 0 Å². The molecule has 2 heterocycles. The minimum absolute atomic E-state index is 0.0875. The van der Waals surface area contributed by atoms with E-state index in [1.54, 1.807) is 6.08 Å². The quantitative estimate of drug-likeness (QED) is 0.330. The molecule has 7 unspecified atom stereocenters. The number of allylic oxidation sites excluding steroid dienone is 2. The summed E-state index contributed by atoms with van der Waals surface area (Å²) in [5, 5.41) is 0. The van der Waals surface area contributed by atoms with Crippen LogP contribution in [0.4, 0.5) is 0 Å². The smallest absolute Gasteiger partial charge is 0.305 e. The summed E-state index contributed by atoms with van der Waals surface area (Å²) in [6.45, 7) is 14.6. The number of carbonyl (C=O) groups excluding carboxylic acids is 3. The summed E-state index contributed by atoms with van der Waals surface area (Å²) in [6.07, 6.45) is 4.37. The highest BCUT2D eigenvalue weighted by Gasteiger charge is 2.61. The average Bonchev–Trinajstić information content (AvgIpc) is 3.13. The summed E-state index contributed by atoms with van der Waals surface area (Å²) >= 11 is 0. The first kappa shape index (κ1) is 25.4. The highest BCUT2D eigenvalue weighted by atomic mass is 16.8. The van der Waals surface area contributed by atoms with E-state index in [1.807, 2.05) is 0 Å². The van der Waals surface area contributed by atoms with Crippen molar-refractivity contribution >= 4 is 17.9 Å². The van der Waals surface area contributed by atoms with Crippen LogP contribution in [-0.4, -0.2) is 42.9 Å². The first-order valence-electron chi connectivity index (χ1n) is 11.5. The van der Waals surface area contributed by atoms with Crippen LogP contribution < -0.4 is 0 Å². The predicted molar refractivity (Wildman–Crippen MR) is 118 cm³/mol. The van der Waals surface area contributed by atoms with Crippen molar-refractivity contribution in [2.45, 2.75) is 92.2 Å². The number of ether oxygens (including phenoxy) is 5. The topological polar surface area (TPSA) is 97.4 Å². The lowest BCUT2D eigenvalue weighted by atomic mass is 9.63. The first-order valence-corrected chi connectivity index (χ1v) is 11.5. The maximum absolute atomic E-state index is 11.9. The molecule has 0 N–H and O–H groups in total. The Labute approximate surface area is 195 Å². The van der Waals surface area contributed by atoms with Crippen LogP contribution in [0.1, 0.15) is 67.2 Å². The number of fused-ring (bicyclic) bond motifs is 1. The fraction of sp³-hybridized carbons (Fsp3) is 0.720. The van der Waals surface area contributed by atoms with Gasteiger partial charge in [0.2, 0.25) is 12.6 Å². The normalized spacial score (nSPS) is 37.7. The molecule has 8 heteroatoms. The van der Waals surface area contributed by atoms with E-state index in [2.05, 4.69) is 33.4 Å². The monoisotopic (exact) mass is 464 g/mol. The Hall–Kier alpha value is -2.19. The third kappa shape index (κ3) is 5.84. The second-order valence-corrected chi connectivity index (χ2v) is 10.5. The Bertz CT molecular complexity index is 830. The molecule has 8 nitrogen and oxygen atoms in total. The Morgan fingerprint density at radius 2 is 1.48 bits per heavy atom. The van der Waals surface area contributed by atoms with Gasteiger partial charge in [0.25, 0.3) is 0 Å². The highest BCUT2D eigenvalue weighted by Crippen LogP contribution is 2.51. The molecule has 0 radical (unpaired) electrons. The molecule has 3 fully saturated rings. The van der Waals surface area contributed by atoms with Gasteiger partial charge >= 0.3 is 17.9 Å². The molecule has 2 aliphatic heterocycles. The van der Waals surface area contributed by atoms with Crippen LogP contribution in [0, 0.1) is 22.7 Å². The van der Waals surface area contributed by atoms with Crippen LogP contribution >= 0.6 is 0 Å². The maximum Gasteiger partial charge on any atom is 0.305 e. The van der Waals surface area contributed by atoms with Crippen LogP contribution in [0.15, 0.2) is 24.3 Å². The predicted octanol–water partition coefficient (Wildman–Crippen LogP) is 4.03. The van der Waals surface area contributed by atoms with Crippen molar-refractivity contribution < 1.29 is 38.1 Å². The molecule has 0 amide bonds. The molecule has 2 saturated heterocycles. The molecular formula is C25H36O8. The van der Waals surface area contributed by atoms with E-state index in [1.165, 1.54) is 27.2 Å². The standard InChI is InChI=1S/C25H36O8/c1-8-17(12-25(7)11-9-10-24(5,6)13-25)18-19-20(29-14(2)26)23(31-16(4)28)33-22(19)32-21(18)30-15(3)27/h8,12,18-23H,1,9-11,13H2,2-7H3. The second-order valence-electron chi connectivity index (χ2n) is 10.5. The molecule has 1 aliphatic carbocycles. The third-order valence-corrected chi connectivity index (χ3v) is 6.69. The Kier molecular flexibility index (Phi) is 7.39. The summed E-state index contributed by atoms with van der Waals surface area (Å²) in [7, 11) is 0. The number of carbonyl (C=O) groups is 3. The summed E-state index contributed by atoms with van der Waals surface area (Å²) < 4.78 is 28.0. The maximum atomic E-state index is 11.9. The molecule has 3 aliphatic rings. The summed E-state index contributed by atoms with van der Waals surface area (Å²) in [5.74, 6) is -2.67. The molecule has 0 aromatic heterocycles. The van der Waals surface area contributed by atoms with E-state index < -0.39 is 54.7 Å². The zero-order valence-corrected chi connectivity index (χ0v) is 20.4. The van der Waals surface area contributed by atoms with Crippen molar-refractivity contribution in [2.24, 2.45) is 22.7 Å². The van der Waals surface area contributed by atoms with E-state index in [0.717, 1.165) is 24.8 Å². The lowest BCUT2D eigenvalue weighted by Crippen LogP contribution is -2.40. The van der Waals surface area contributed by atoms with Crippen LogP contribution in [-0.2, 0) is 38.1 Å². The van der Waals surface area contributed by atoms with Crippen molar-refractivity contribution in [3.63, 3.8) is 0 Å². The molecule has 7 atom stereocenters. The van der Waals surface area contributed by atoms with E-state index in [9.17, 15) is 14.4 Å². The largest absolute Gasteiger partial charge is 0.455 e. The number of hydrogen-bond donors (Lipinski definition) is 0. The minimum atomic E-state index is -1.11. The van der Waals surface area contributed by atoms with Crippen molar-refractivity contribution in [2.75, 3.05) is 0 Å². The Morgan fingerprint density at radius 3 is 2.03 bits per heavy atom. The Morgan fingerprint density at radius 1 is 0.909 bits per heavy atom. The zero-order chi connectivity index (χ0) is 24.6. The van der Waals surface area contributed by atoms with Gasteiger partial charge in [-0.1, -0.05) is 45.9 Å². The number of esters is 3. The van der Waals surface area contributed by atoms with Crippen LogP contribution in [0.3, 0.4) is 0 Å². The minimum Gasteiger partial charge on any atom is -0.455 e. The third-order valence-electron chi connectivity index (χ3n) is 6.69. The van der Waals surface area contributed by atoms with Gasteiger partial charge in [0.05, 0.1) is 11.8 Å². The van der Waals surface area contributed by atoms with Crippen molar-refractivity contribution in [3.8, 4) is 0 Å². The SMILES string of the molecule is C=CC(=CC1(C)CCCC(C)(C)C1)C1C(OC(C)=O)OC2OC(OC(C)=O)C(OC(C)=O)C21. The molecule has 0 bridgehead atoms. The number of rotatable bonds is 6. The number of hydrogen-bond acceptors (Lipinski definition) is 8. The van der Waals surface area contributed by atoms with Gasteiger partial charge in [0.1, 0.15) is 0 Å². The molecule has 0 spiro atoms. The molecule has 0 aromatic rings. The molecular weight excluding hydrogens is 428 g/mol. The van der Waals surface area contributed by atoms with E-state index in [-0.39, 0.29) is 10.8 Å². The highest BCUT2D eigenvalue weighted by molar-refractivity contribution is 5.67. The summed E-state index contributed by atoms with van der Waals surface area (Å²) in [5.41, 5.74) is 0.949. The van der Waals surface area contributed by atoms with E-state index in [4.69, 9.17) is 23.7 Å². The van der Waals surface area contributed by atoms with Gasteiger partial charge < -0.3 is 23.7 Å². The molecule has 184 valence electrons. The summed E-state index contributed by atoms with van der Waals surface area (Å²) in [4.78, 5) is 35.3. The summed E-state index contributed by atoms with van der Waals surface area (Å²) in [6, 6.07) is 0. The van der Waals surface area contributed by atoms with Gasteiger partial charge in [-0.2, -0.15) is 0 Å². The van der Waals surface area contributed by atoms with Gasteiger partial charge in [-0.15, -0.1) is 0 Å². The van der Waals surface area contributed by atoms with Gasteiger partial charge in [-0.3, -0.25) is 14.4 Å². The van der Waals surface area contributed by atoms with Gasteiger partial charge in [-0.25, -0.2) is 0 Å². The van der Waals surface area contributed by atoms with Crippen molar-refractivity contribution in [1.82, 2.24) is 0 Å². The Balaban J connectivity index is 2.01.